The number of halogens is 2. The number of benzene rings is 2. The standard InChI is InChI=1S/C20H17Cl2N3O5/c1-13-23-11-19(25(27)28)24(13)8-9-29-20(26)15-4-2-3-5-18(15)30-12-14-6-7-16(21)17(22)10-14/h2-7,10-11H,8-9,12H2,1H3. The Balaban J connectivity index is 1.63. The summed E-state index contributed by atoms with van der Waals surface area (Å²) in [4.78, 5) is 26.9. The molecule has 1 aromatic heterocycles. The van der Waals surface area contributed by atoms with Crippen LogP contribution < -0.4 is 4.74 Å². The van der Waals surface area contributed by atoms with Crippen molar-refractivity contribution in [2.45, 2.75) is 20.1 Å². The van der Waals surface area contributed by atoms with Gasteiger partial charge in [-0.1, -0.05) is 41.4 Å². The van der Waals surface area contributed by atoms with Gasteiger partial charge in [0, 0.05) is 6.92 Å². The van der Waals surface area contributed by atoms with E-state index < -0.39 is 10.9 Å². The molecule has 0 amide bonds. The maximum Gasteiger partial charge on any atom is 0.342 e. The van der Waals surface area contributed by atoms with Crippen molar-refractivity contribution >= 4 is 35.0 Å². The van der Waals surface area contributed by atoms with Gasteiger partial charge in [0.1, 0.15) is 37.3 Å². The Kier molecular flexibility index (Phi) is 6.91. The van der Waals surface area contributed by atoms with Crippen molar-refractivity contribution in [3.8, 4) is 5.75 Å². The summed E-state index contributed by atoms with van der Waals surface area (Å²) in [5, 5.41) is 11.9. The van der Waals surface area contributed by atoms with Gasteiger partial charge in [0.2, 0.25) is 0 Å². The van der Waals surface area contributed by atoms with E-state index in [2.05, 4.69) is 4.98 Å². The molecular formula is C20H17Cl2N3O5. The number of aryl methyl sites for hydroxylation is 1. The SMILES string of the molecule is Cc1ncc([N+](=O)[O-])n1CCOC(=O)c1ccccc1OCc1ccc(Cl)c(Cl)c1. The molecule has 1 heterocycles. The number of nitro groups is 1. The van der Waals surface area contributed by atoms with Crippen LogP contribution in [0.25, 0.3) is 0 Å². The van der Waals surface area contributed by atoms with Gasteiger partial charge in [-0.2, -0.15) is 0 Å². The first-order chi connectivity index (χ1) is 14.4. The number of hydrogen-bond acceptors (Lipinski definition) is 6. The lowest BCUT2D eigenvalue weighted by Crippen LogP contribution is -2.14. The largest absolute Gasteiger partial charge is 0.488 e. The summed E-state index contributed by atoms with van der Waals surface area (Å²) >= 11 is 11.9. The van der Waals surface area contributed by atoms with E-state index in [-0.39, 0.29) is 31.1 Å². The normalized spacial score (nSPS) is 10.6. The van der Waals surface area contributed by atoms with Gasteiger partial charge >= 0.3 is 11.8 Å². The first-order valence-corrected chi connectivity index (χ1v) is 9.62. The highest BCUT2D eigenvalue weighted by Crippen LogP contribution is 2.25. The predicted molar refractivity (Wildman–Crippen MR) is 111 cm³/mol. The number of ether oxygens (including phenoxy) is 2. The van der Waals surface area contributed by atoms with Gasteiger partial charge in [0.05, 0.1) is 10.0 Å². The zero-order valence-electron chi connectivity index (χ0n) is 15.9. The van der Waals surface area contributed by atoms with Gasteiger partial charge in [-0.25, -0.2) is 14.3 Å². The molecule has 2 aromatic carbocycles. The molecule has 156 valence electrons. The van der Waals surface area contributed by atoms with E-state index in [1.54, 1.807) is 49.4 Å². The quantitative estimate of drug-likeness (QED) is 0.277. The van der Waals surface area contributed by atoms with Crippen molar-refractivity contribution in [3.05, 3.63) is 85.8 Å². The van der Waals surface area contributed by atoms with Gasteiger partial charge < -0.3 is 19.6 Å². The minimum Gasteiger partial charge on any atom is -0.488 e. The number of carbonyl (C=O) groups excluding carboxylic acids is 1. The van der Waals surface area contributed by atoms with Gasteiger partial charge in [-0.3, -0.25) is 0 Å². The molecule has 0 radical (unpaired) electrons. The average molecular weight is 450 g/mol. The second-order valence-electron chi connectivity index (χ2n) is 6.24. The van der Waals surface area contributed by atoms with Crippen LogP contribution in [0.2, 0.25) is 10.0 Å². The zero-order valence-corrected chi connectivity index (χ0v) is 17.4. The Morgan fingerprint density at radius 2 is 1.97 bits per heavy atom. The Morgan fingerprint density at radius 1 is 1.20 bits per heavy atom. The summed E-state index contributed by atoms with van der Waals surface area (Å²) in [5.74, 6) is 0.0514. The third kappa shape index (κ3) is 5.08. The van der Waals surface area contributed by atoms with Crippen LogP contribution in [0.4, 0.5) is 5.82 Å². The minimum atomic E-state index is -0.597. The number of hydrogen-bond donors (Lipinski definition) is 0. The summed E-state index contributed by atoms with van der Waals surface area (Å²) in [6, 6.07) is 11.8. The molecular weight excluding hydrogens is 433 g/mol. The van der Waals surface area contributed by atoms with Crippen molar-refractivity contribution in [3.63, 3.8) is 0 Å². The third-order valence-corrected chi connectivity index (χ3v) is 4.99. The van der Waals surface area contributed by atoms with E-state index in [0.717, 1.165) is 5.56 Å². The van der Waals surface area contributed by atoms with Crippen molar-refractivity contribution in [1.29, 1.82) is 0 Å². The molecule has 0 aliphatic carbocycles. The average Bonchev–Trinajstić information content (AvgIpc) is 3.10. The summed E-state index contributed by atoms with van der Waals surface area (Å²) in [7, 11) is 0. The Bertz CT molecular complexity index is 1080. The highest BCUT2D eigenvalue weighted by molar-refractivity contribution is 6.42. The van der Waals surface area contributed by atoms with Crippen LogP contribution in [-0.4, -0.2) is 27.1 Å². The first-order valence-electron chi connectivity index (χ1n) is 8.86. The molecule has 3 rings (SSSR count). The topological polar surface area (TPSA) is 96.5 Å². The first kappa shape index (κ1) is 21.6. The lowest BCUT2D eigenvalue weighted by molar-refractivity contribution is -0.392. The van der Waals surface area contributed by atoms with E-state index in [0.29, 0.717) is 21.6 Å². The van der Waals surface area contributed by atoms with Crippen molar-refractivity contribution < 1.29 is 19.2 Å². The van der Waals surface area contributed by atoms with Crippen LogP contribution in [-0.2, 0) is 17.9 Å². The Morgan fingerprint density at radius 3 is 2.70 bits per heavy atom. The molecule has 0 bridgehead atoms. The maximum absolute atomic E-state index is 12.5. The molecule has 0 saturated heterocycles. The Hall–Kier alpha value is -3.10. The van der Waals surface area contributed by atoms with E-state index in [4.69, 9.17) is 32.7 Å². The number of rotatable bonds is 8. The number of imidazole rings is 1. The molecule has 0 unspecified atom stereocenters. The fourth-order valence-electron chi connectivity index (χ4n) is 2.74. The molecule has 0 aliphatic heterocycles. The summed E-state index contributed by atoms with van der Waals surface area (Å²) in [6.07, 6.45) is 1.17. The van der Waals surface area contributed by atoms with Gasteiger partial charge in [-0.15, -0.1) is 0 Å². The molecule has 30 heavy (non-hydrogen) atoms. The second-order valence-corrected chi connectivity index (χ2v) is 7.06. The van der Waals surface area contributed by atoms with E-state index >= 15 is 0 Å². The van der Waals surface area contributed by atoms with Crippen LogP contribution in [0.3, 0.4) is 0 Å². The molecule has 10 heteroatoms. The molecule has 0 spiro atoms. The van der Waals surface area contributed by atoms with Gasteiger partial charge in [0.15, 0.2) is 5.82 Å². The maximum atomic E-state index is 12.5. The lowest BCUT2D eigenvalue weighted by Gasteiger charge is -2.12. The summed E-state index contributed by atoms with van der Waals surface area (Å²) in [5.41, 5.74) is 1.03. The van der Waals surface area contributed by atoms with Crippen LogP contribution in [0.5, 0.6) is 5.75 Å². The van der Waals surface area contributed by atoms with Crippen LogP contribution in [0, 0.1) is 17.0 Å². The monoisotopic (exact) mass is 449 g/mol. The van der Waals surface area contributed by atoms with E-state index in [9.17, 15) is 14.9 Å². The number of carbonyl (C=O) groups is 1. The zero-order chi connectivity index (χ0) is 21.7. The summed E-state index contributed by atoms with van der Waals surface area (Å²) < 4.78 is 12.4. The highest BCUT2D eigenvalue weighted by Gasteiger charge is 2.19. The molecule has 0 atom stereocenters. The van der Waals surface area contributed by atoms with Crippen LogP contribution in [0.15, 0.2) is 48.7 Å². The van der Waals surface area contributed by atoms with Crippen LogP contribution in [0.1, 0.15) is 21.7 Å². The molecule has 0 saturated carbocycles. The lowest BCUT2D eigenvalue weighted by atomic mass is 10.2. The van der Waals surface area contributed by atoms with E-state index in [1.807, 2.05) is 0 Å². The number of esters is 1. The summed E-state index contributed by atoms with van der Waals surface area (Å²) in [6.45, 7) is 1.88. The number of aromatic nitrogens is 2. The molecule has 8 nitrogen and oxygen atoms in total. The van der Waals surface area contributed by atoms with Gasteiger partial charge in [-0.05, 0) is 34.8 Å². The van der Waals surface area contributed by atoms with Crippen LogP contribution >= 0.6 is 23.2 Å². The molecule has 0 aliphatic rings. The number of nitrogens with zero attached hydrogens (tertiary/aromatic N) is 3. The van der Waals surface area contributed by atoms with Crippen molar-refractivity contribution in [2.24, 2.45) is 0 Å². The second kappa shape index (κ2) is 9.60. The molecule has 0 fully saturated rings. The van der Waals surface area contributed by atoms with Crippen molar-refractivity contribution in [2.75, 3.05) is 6.61 Å². The predicted octanol–water partition coefficient (Wildman–Crippen LogP) is 4.84. The number of para-hydroxylation sites is 1. The minimum absolute atomic E-state index is 0.0575. The van der Waals surface area contributed by atoms with Gasteiger partial charge in [0.25, 0.3) is 0 Å². The molecule has 3 aromatic rings. The van der Waals surface area contributed by atoms with E-state index in [1.165, 1.54) is 10.8 Å². The Labute approximate surface area is 182 Å². The highest BCUT2D eigenvalue weighted by atomic mass is 35.5. The van der Waals surface area contributed by atoms with Crippen molar-refractivity contribution in [1.82, 2.24) is 9.55 Å². The fraction of sp³-hybridized carbons (Fsp3) is 0.200. The smallest absolute Gasteiger partial charge is 0.342 e. The molecule has 0 N–H and O–H groups in total. The fourth-order valence-corrected chi connectivity index (χ4v) is 3.06. The third-order valence-electron chi connectivity index (χ3n) is 4.25.